The van der Waals surface area contributed by atoms with E-state index in [-0.39, 0.29) is 24.2 Å². The summed E-state index contributed by atoms with van der Waals surface area (Å²) in [6.07, 6.45) is 3.19. The molecular formula is C14H20O5. The predicted octanol–water partition coefficient (Wildman–Crippen LogP) is 1.80. The molecule has 1 spiro atoms. The molecule has 2 bridgehead atoms. The molecule has 5 aliphatic rings. The third-order valence-corrected chi connectivity index (χ3v) is 5.48. The second-order valence-electron chi connectivity index (χ2n) is 6.63. The summed E-state index contributed by atoms with van der Waals surface area (Å²) in [7, 11) is 0. The normalized spacial score (nSPS) is 56.6. The summed E-state index contributed by atoms with van der Waals surface area (Å²) in [5, 5.41) is 0. The number of Topliss-reactive ketones (excluding diaryl/α,β-unsaturated/α-hetero) is 1. The highest BCUT2D eigenvalue weighted by Gasteiger charge is 2.68. The number of hydrogen-bond acceptors (Lipinski definition) is 5. The maximum absolute atomic E-state index is 12.2. The number of ether oxygens (including phenoxy) is 2. The molecule has 5 heteroatoms. The van der Waals surface area contributed by atoms with E-state index < -0.39 is 17.7 Å². The molecule has 6 atom stereocenters. The lowest BCUT2D eigenvalue weighted by Crippen LogP contribution is -2.69. The molecule has 5 nitrogen and oxygen atoms in total. The zero-order valence-electron chi connectivity index (χ0n) is 11.4. The summed E-state index contributed by atoms with van der Waals surface area (Å²) in [6.45, 7) is 4.25. The minimum absolute atomic E-state index is 0.130. The second-order valence-corrected chi connectivity index (χ2v) is 6.63. The molecule has 0 aromatic carbocycles. The van der Waals surface area contributed by atoms with Crippen molar-refractivity contribution in [3.05, 3.63) is 0 Å². The molecule has 0 N–H and O–H groups in total. The third-order valence-electron chi connectivity index (χ3n) is 5.48. The molecular weight excluding hydrogens is 248 g/mol. The fraction of sp³-hybridized carbons (Fsp3) is 0.929. The maximum atomic E-state index is 12.2. The van der Waals surface area contributed by atoms with Gasteiger partial charge < -0.3 is 9.47 Å². The number of fused-ring (bicyclic) bond motifs is 2. The quantitative estimate of drug-likeness (QED) is 0.627. The molecule has 0 radical (unpaired) electrons. The van der Waals surface area contributed by atoms with Crippen LogP contribution in [0.15, 0.2) is 0 Å². The van der Waals surface area contributed by atoms with E-state index in [1.165, 1.54) is 0 Å². The first kappa shape index (κ1) is 12.3. The van der Waals surface area contributed by atoms with Crippen LogP contribution in [0.25, 0.3) is 0 Å². The first-order valence-electron chi connectivity index (χ1n) is 7.24. The van der Waals surface area contributed by atoms with Crippen molar-refractivity contribution in [2.45, 2.75) is 57.2 Å². The minimum Gasteiger partial charge on any atom is -0.342 e. The lowest BCUT2D eigenvalue weighted by atomic mass is 9.60. The molecule has 4 saturated heterocycles. The lowest BCUT2D eigenvalue weighted by molar-refractivity contribution is -0.558. The number of carbonyl (C=O) groups excluding carboxylic acids is 1. The molecule has 0 unspecified atom stereocenters. The van der Waals surface area contributed by atoms with Gasteiger partial charge in [0.25, 0.3) is 0 Å². The van der Waals surface area contributed by atoms with Gasteiger partial charge in [-0.1, -0.05) is 6.92 Å². The van der Waals surface area contributed by atoms with Crippen molar-refractivity contribution >= 4 is 5.78 Å². The molecule has 106 valence electrons. The van der Waals surface area contributed by atoms with E-state index in [9.17, 15) is 4.79 Å². The Morgan fingerprint density at radius 2 is 2.05 bits per heavy atom. The molecule has 5 fully saturated rings. The van der Waals surface area contributed by atoms with Gasteiger partial charge in [-0.25, -0.2) is 9.78 Å². The first-order chi connectivity index (χ1) is 9.05. The predicted molar refractivity (Wildman–Crippen MR) is 63.8 cm³/mol. The van der Waals surface area contributed by atoms with Crippen molar-refractivity contribution in [2.24, 2.45) is 17.8 Å². The van der Waals surface area contributed by atoms with Crippen LogP contribution in [-0.4, -0.2) is 30.1 Å². The Morgan fingerprint density at radius 1 is 1.21 bits per heavy atom. The lowest BCUT2D eigenvalue weighted by Gasteiger charge is -2.56. The van der Waals surface area contributed by atoms with Gasteiger partial charge >= 0.3 is 0 Å². The standard InChI is InChI=1S/C14H20O5/c1-8-3-4-10-11(15)7-16-12-14(10)9(8)5-6-13(2,17-12)18-19-14/h8-10,12H,3-7H2,1-2H3/t8-,9+,10+,12-,13-,14-/m1/s1. The van der Waals surface area contributed by atoms with Gasteiger partial charge in [0, 0.05) is 6.42 Å². The van der Waals surface area contributed by atoms with Gasteiger partial charge in [-0.15, -0.1) is 0 Å². The monoisotopic (exact) mass is 268 g/mol. The van der Waals surface area contributed by atoms with Crippen LogP contribution >= 0.6 is 0 Å². The van der Waals surface area contributed by atoms with Gasteiger partial charge in [-0.05, 0) is 38.0 Å². The molecule has 1 aliphatic carbocycles. The topological polar surface area (TPSA) is 54.0 Å². The summed E-state index contributed by atoms with van der Waals surface area (Å²) < 4.78 is 11.7. The molecule has 4 heterocycles. The van der Waals surface area contributed by atoms with E-state index in [0.717, 1.165) is 25.7 Å². The van der Waals surface area contributed by atoms with Crippen LogP contribution in [0, 0.1) is 17.8 Å². The van der Waals surface area contributed by atoms with E-state index >= 15 is 0 Å². The van der Waals surface area contributed by atoms with E-state index in [1.807, 2.05) is 6.92 Å². The number of ketones is 1. The second kappa shape index (κ2) is 3.79. The summed E-state index contributed by atoms with van der Waals surface area (Å²) in [6, 6.07) is 0. The van der Waals surface area contributed by atoms with Crippen molar-refractivity contribution in [1.82, 2.24) is 0 Å². The SMILES string of the molecule is C[C@@H]1CC[C@H]2C(=O)CO[C@@H]3O[C@@]4(C)CC[C@@H]1[C@]32OO4. The Morgan fingerprint density at radius 3 is 2.89 bits per heavy atom. The van der Waals surface area contributed by atoms with Crippen LogP contribution in [0.5, 0.6) is 0 Å². The Hall–Kier alpha value is -0.490. The molecule has 4 aliphatic heterocycles. The van der Waals surface area contributed by atoms with E-state index in [1.54, 1.807) is 0 Å². The highest BCUT2D eigenvalue weighted by molar-refractivity contribution is 5.84. The highest BCUT2D eigenvalue weighted by atomic mass is 17.3. The molecule has 1 saturated carbocycles. The molecule has 5 rings (SSSR count). The highest BCUT2D eigenvalue weighted by Crippen LogP contribution is 2.57. The number of carbonyl (C=O) groups is 1. The van der Waals surface area contributed by atoms with Crippen molar-refractivity contribution in [3.63, 3.8) is 0 Å². The Kier molecular flexibility index (Phi) is 2.44. The van der Waals surface area contributed by atoms with Crippen molar-refractivity contribution < 1.29 is 24.0 Å². The first-order valence-corrected chi connectivity index (χ1v) is 7.24. The number of hydrogen-bond donors (Lipinski definition) is 0. The molecule has 0 aromatic rings. The van der Waals surface area contributed by atoms with Crippen molar-refractivity contribution in [3.8, 4) is 0 Å². The molecule has 0 amide bonds. The summed E-state index contributed by atoms with van der Waals surface area (Å²) in [5.41, 5.74) is -0.719. The van der Waals surface area contributed by atoms with Crippen LogP contribution in [0.3, 0.4) is 0 Å². The van der Waals surface area contributed by atoms with Gasteiger partial charge in [0.1, 0.15) is 6.61 Å². The van der Waals surface area contributed by atoms with Crippen molar-refractivity contribution in [1.29, 1.82) is 0 Å². The van der Waals surface area contributed by atoms with E-state index in [4.69, 9.17) is 19.2 Å². The van der Waals surface area contributed by atoms with Crippen molar-refractivity contribution in [2.75, 3.05) is 6.61 Å². The van der Waals surface area contributed by atoms with Crippen LogP contribution in [0.4, 0.5) is 0 Å². The number of rotatable bonds is 0. The van der Waals surface area contributed by atoms with Crippen LogP contribution in [0.1, 0.15) is 39.5 Å². The zero-order chi connectivity index (χ0) is 13.3. The van der Waals surface area contributed by atoms with Crippen LogP contribution < -0.4 is 0 Å². The average molecular weight is 268 g/mol. The molecule has 0 aromatic heterocycles. The zero-order valence-corrected chi connectivity index (χ0v) is 11.4. The van der Waals surface area contributed by atoms with E-state index in [0.29, 0.717) is 5.92 Å². The van der Waals surface area contributed by atoms with Crippen LogP contribution in [-0.2, 0) is 24.0 Å². The fourth-order valence-corrected chi connectivity index (χ4v) is 4.42. The smallest absolute Gasteiger partial charge is 0.201 e. The largest absolute Gasteiger partial charge is 0.342 e. The third kappa shape index (κ3) is 1.47. The van der Waals surface area contributed by atoms with E-state index in [2.05, 4.69) is 6.92 Å². The summed E-state index contributed by atoms with van der Waals surface area (Å²) >= 11 is 0. The maximum Gasteiger partial charge on any atom is 0.201 e. The fourth-order valence-electron chi connectivity index (χ4n) is 4.42. The Balaban J connectivity index is 1.83. The van der Waals surface area contributed by atoms with Gasteiger partial charge in [0.15, 0.2) is 17.7 Å². The Labute approximate surface area is 112 Å². The van der Waals surface area contributed by atoms with Gasteiger partial charge in [-0.2, -0.15) is 0 Å². The Bertz CT molecular complexity index is 424. The van der Waals surface area contributed by atoms with Gasteiger partial charge in [0.05, 0.1) is 5.92 Å². The minimum atomic E-state index is -0.738. The van der Waals surface area contributed by atoms with Gasteiger partial charge in [-0.3, -0.25) is 4.79 Å². The average Bonchev–Trinajstić information content (AvgIpc) is 2.61. The van der Waals surface area contributed by atoms with Crippen LogP contribution in [0.2, 0.25) is 0 Å². The molecule has 19 heavy (non-hydrogen) atoms. The van der Waals surface area contributed by atoms with Gasteiger partial charge in [0.2, 0.25) is 5.79 Å². The summed E-state index contributed by atoms with van der Waals surface area (Å²) in [5.74, 6) is 0.0180. The summed E-state index contributed by atoms with van der Waals surface area (Å²) in [4.78, 5) is 23.6.